The van der Waals surface area contributed by atoms with Crippen LogP contribution in [0.4, 0.5) is 26.3 Å². The quantitative estimate of drug-likeness (QED) is 0.467. The lowest BCUT2D eigenvalue weighted by Gasteiger charge is -2.14. The number of ether oxygens (including phenoxy) is 1. The van der Waals surface area contributed by atoms with Gasteiger partial charge >= 0.3 is 6.18 Å². The summed E-state index contributed by atoms with van der Waals surface area (Å²) in [5.74, 6) is -5.09. The van der Waals surface area contributed by atoms with E-state index in [0.29, 0.717) is 18.4 Å². The van der Waals surface area contributed by atoms with Crippen LogP contribution in [0.15, 0.2) is 30.3 Å². The summed E-state index contributed by atoms with van der Waals surface area (Å²) < 4.78 is 80.9. The molecule has 0 bridgehead atoms. The zero-order valence-corrected chi connectivity index (χ0v) is 11.3. The molecule has 2 aromatic rings. The highest BCUT2D eigenvalue weighted by molar-refractivity contribution is 5.81. The molecular formula is C15H8F6O2. The first-order valence-electron chi connectivity index (χ1n) is 6.15. The second-order valence-electron chi connectivity index (χ2n) is 4.53. The lowest BCUT2D eigenvalue weighted by atomic mass is 10.0. The van der Waals surface area contributed by atoms with Gasteiger partial charge in [0.15, 0.2) is 24.1 Å². The molecule has 0 fully saturated rings. The molecule has 0 saturated heterocycles. The lowest BCUT2D eigenvalue weighted by molar-refractivity contribution is -0.153. The number of benzene rings is 2. The van der Waals surface area contributed by atoms with Gasteiger partial charge in [-0.3, -0.25) is 4.79 Å². The fourth-order valence-corrected chi connectivity index (χ4v) is 1.84. The van der Waals surface area contributed by atoms with Crippen LogP contribution in [0.25, 0.3) is 11.1 Å². The molecule has 2 rings (SSSR count). The third-order valence-corrected chi connectivity index (χ3v) is 2.83. The maximum atomic E-state index is 13.3. The third kappa shape index (κ3) is 4.02. The van der Waals surface area contributed by atoms with E-state index in [1.165, 1.54) is 6.07 Å². The van der Waals surface area contributed by atoms with Crippen molar-refractivity contribution in [1.29, 1.82) is 0 Å². The van der Waals surface area contributed by atoms with Crippen molar-refractivity contribution >= 4 is 6.29 Å². The SMILES string of the molecule is O=Cc1ccc(OCC(F)(F)F)c(-c2cc(F)c(F)c(F)c2)c1. The minimum atomic E-state index is -4.63. The molecular weight excluding hydrogens is 326 g/mol. The molecule has 2 nitrogen and oxygen atoms in total. The Morgan fingerprint density at radius 1 is 1.00 bits per heavy atom. The van der Waals surface area contributed by atoms with Crippen molar-refractivity contribution < 1.29 is 35.9 Å². The van der Waals surface area contributed by atoms with Crippen molar-refractivity contribution in [2.75, 3.05) is 6.61 Å². The summed E-state index contributed by atoms with van der Waals surface area (Å²) in [7, 11) is 0. The Balaban J connectivity index is 2.52. The Kier molecular flexibility index (Phi) is 4.63. The van der Waals surface area contributed by atoms with Gasteiger partial charge in [0, 0.05) is 11.1 Å². The highest BCUT2D eigenvalue weighted by atomic mass is 19.4. The molecule has 0 aromatic heterocycles. The summed E-state index contributed by atoms with van der Waals surface area (Å²) in [5.41, 5.74) is -0.386. The largest absolute Gasteiger partial charge is 0.483 e. The molecule has 0 unspecified atom stereocenters. The lowest BCUT2D eigenvalue weighted by Crippen LogP contribution is -2.19. The number of aldehydes is 1. The average Bonchev–Trinajstić information content (AvgIpc) is 2.49. The van der Waals surface area contributed by atoms with E-state index in [-0.39, 0.29) is 22.4 Å². The number of rotatable bonds is 4. The topological polar surface area (TPSA) is 26.3 Å². The van der Waals surface area contributed by atoms with Crippen LogP contribution in [0.3, 0.4) is 0 Å². The summed E-state index contributed by atoms with van der Waals surface area (Å²) >= 11 is 0. The molecule has 0 heterocycles. The molecule has 23 heavy (non-hydrogen) atoms. The van der Waals surface area contributed by atoms with E-state index in [2.05, 4.69) is 4.74 Å². The van der Waals surface area contributed by atoms with E-state index in [1.54, 1.807) is 0 Å². The Labute approximate surface area is 126 Å². The molecule has 0 saturated carbocycles. The number of hydrogen-bond donors (Lipinski definition) is 0. The summed E-state index contributed by atoms with van der Waals surface area (Å²) in [6.07, 6.45) is -4.23. The van der Waals surface area contributed by atoms with Gasteiger partial charge in [0.05, 0.1) is 0 Å². The fourth-order valence-electron chi connectivity index (χ4n) is 1.84. The molecule has 0 amide bonds. The summed E-state index contributed by atoms with van der Waals surface area (Å²) in [5, 5.41) is 0. The smallest absolute Gasteiger partial charge is 0.422 e. The first kappa shape index (κ1) is 16.9. The van der Waals surface area contributed by atoms with Gasteiger partial charge in [0.2, 0.25) is 0 Å². The van der Waals surface area contributed by atoms with Crippen LogP contribution in [-0.4, -0.2) is 19.1 Å². The minimum absolute atomic E-state index is 0.0458. The Bertz CT molecular complexity index is 716. The maximum Gasteiger partial charge on any atom is 0.422 e. The number of carbonyl (C=O) groups is 1. The van der Waals surface area contributed by atoms with Gasteiger partial charge in [0.25, 0.3) is 0 Å². The molecule has 0 aliphatic rings. The number of carbonyl (C=O) groups excluding carboxylic acids is 1. The van der Waals surface area contributed by atoms with Crippen LogP contribution in [0, 0.1) is 17.5 Å². The standard InChI is InChI=1S/C15H8F6O2/c16-11-4-9(5-12(17)14(11)18)10-3-8(6-22)1-2-13(10)23-7-15(19,20)21/h1-6H,7H2. The molecule has 0 aliphatic heterocycles. The van der Waals surface area contributed by atoms with Gasteiger partial charge in [-0.1, -0.05) is 0 Å². The Hall–Kier alpha value is -2.51. The van der Waals surface area contributed by atoms with Crippen LogP contribution in [0.2, 0.25) is 0 Å². The van der Waals surface area contributed by atoms with Crippen molar-refractivity contribution in [1.82, 2.24) is 0 Å². The minimum Gasteiger partial charge on any atom is -0.483 e. The highest BCUT2D eigenvalue weighted by Gasteiger charge is 2.29. The van der Waals surface area contributed by atoms with E-state index in [4.69, 9.17) is 0 Å². The van der Waals surface area contributed by atoms with Crippen LogP contribution in [-0.2, 0) is 0 Å². The number of halogens is 6. The highest BCUT2D eigenvalue weighted by Crippen LogP contribution is 2.33. The predicted molar refractivity (Wildman–Crippen MR) is 68.7 cm³/mol. The van der Waals surface area contributed by atoms with Crippen LogP contribution < -0.4 is 4.74 Å². The van der Waals surface area contributed by atoms with E-state index >= 15 is 0 Å². The van der Waals surface area contributed by atoms with Crippen molar-refractivity contribution in [2.45, 2.75) is 6.18 Å². The molecule has 2 aromatic carbocycles. The average molecular weight is 334 g/mol. The van der Waals surface area contributed by atoms with Gasteiger partial charge in [0.1, 0.15) is 12.0 Å². The number of hydrogen-bond acceptors (Lipinski definition) is 2. The van der Waals surface area contributed by atoms with Gasteiger partial charge < -0.3 is 4.74 Å². The molecule has 122 valence electrons. The van der Waals surface area contributed by atoms with Crippen LogP contribution in [0.5, 0.6) is 5.75 Å². The van der Waals surface area contributed by atoms with Gasteiger partial charge in [-0.05, 0) is 35.9 Å². The number of alkyl halides is 3. The molecule has 0 aliphatic carbocycles. The summed E-state index contributed by atoms with van der Waals surface area (Å²) in [4.78, 5) is 10.8. The summed E-state index contributed by atoms with van der Waals surface area (Å²) in [6.45, 7) is -1.63. The first-order valence-corrected chi connectivity index (χ1v) is 6.15. The molecule has 8 heteroatoms. The third-order valence-electron chi connectivity index (χ3n) is 2.83. The van der Waals surface area contributed by atoms with Crippen LogP contribution in [0.1, 0.15) is 10.4 Å². The Morgan fingerprint density at radius 2 is 1.61 bits per heavy atom. The zero-order valence-electron chi connectivity index (χ0n) is 11.3. The Morgan fingerprint density at radius 3 is 2.13 bits per heavy atom. The second-order valence-corrected chi connectivity index (χ2v) is 4.53. The fraction of sp³-hybridized carbons (Fsp3) is 0.133. The molecule has 0 radical (unpaired) electrons. The van der Waals surface area contributed by atoms with Gasteiger partial charge in [-0.2, -0.15) is 13.2 Å². The molecule has 0 spiro atoms. The van der Waals surface area contributed by atoms with Crippen molar-refractivity contribution in [3.63, 3.8) is 0 Å². The van der Waals surface area contributed by atoms with Crippen LogP contribution >= 0.6 is 0 Å². The van der Waals surface area contributed by atoms with E-state index in [9.17, 15) is 31.1 Å². The van der Waals surface area contributed by atoms with Crippen molar-refractivity contribution in [3.8, 4) is 16.9 Å². The van der Waals surface area contributed by atoms with Crippen molar-refractivity contribution in [3.05, 3.63) is 53.3 Å². The molecule has 0 N–H and O–H groups in total. The van der Waals surface area contributed by atoms with Crippen molar-refractivity contribution in [2.24, 2.45) is 0 Å². The van der Waals surface area contributed by atoms with E-state index < -0.39 is 30.2 Å². The van der Waals surface area contributed by atoms with Gasteiger partial charge in [-0.25, -0.2) is 13.2 Å². The predicted octanol–water partition coefficient (Wildman–Crippen LogP) is 4.52. The van der Waals surface area contributed by atoms with Gasteiger partial charge in [-0.15, -0.1) is 0 Å². The second kappa shape index (κ2) is 6.31. The van der Waals surface area contributed by atoms with E-state index in [1.807, 2.05) is 0 Å². The maximum absolute atomic E-state index is 13.3. The monoisotopic (exact) mass is 334 g/mol. The first-order chi connectivity index (χ1) is 10.7. The summed E-state index contributed by atoms with van der Waals surface area (Å²) in [6, 6.07) is 4.53. The van der Waals surface area contributed by atoms with E-state index in [0.717, 1.165) is 12.1 Å². The zero-order chi connectivity index (χ0) is 17.2. The normalized spacial score (nSPS) is 11.4. The molecule has 0 atom stereocenters.